The second kappa shape index (κ2) is 34.0. The second-order valence-electron chi connectivity index (χ2n) is 40.3. The third-order valence-electron chi connectivity index (χ3n) is 29.4. The Bertz CT molecular complexity index is 6750. The summed E-state index contributed by atoms with van der Waals surface area (Å²) >= 11 is 0. The van der Waals surface area contributed by atoms with E-state index in [4.69, 9.17) is 44.7 Å². The van der Waals surface area contributed by atoms with Gasteiger partial charge >= 0.3 is 0 Å². The van der Waals surface area contributed by atoms with Gasteiger partial charge in [-0.15, -0.1) is 0 Å². The Labute approximate surface area is 763 Å². The maximum Gasteiger partial charge on any atom is 0.131 e. The van der Waals surface area contributed by atoms with E-state index in [9.17, 15) is 0 Å². The summed E-state index contributed by atoms with van der Waals surface area (Å²) in [6.07, 6.45) is 14.5. The number of aliphatic imine (C=N–C) groups is 8. The number of aryl methyl sites for hydroxylation is 3. The molecule has 9 heterocycles. The van der Waals surface area contributed by atoms with E-state index in [0.717, 1.165) is 124 Å². The molecular weight excluding hydrogens is 1570 g/mol. The molecule has 9 heteroatoms. The van der Waals surface area contributed by atoms with Crippen molar-refractivity contribution >= 4 is 134 Å². The van der Waals surface area contributed by atoms with Gasteiger partial charge in [0, 0.05) is 120 Å². The summed E-state index contributed by atoms with van der Waals surface area (Å²) in [6.45, 7) is 36.4. The Morgan fingerprint density at radius 3 is 0.729 bits per heavy atom. The molecule has 648 valence electrons. The van der Waals surface area contributed by atoms with Gasteiger partial charge in [0.1, 0.15) is 12.4 Å². The zero-order valence-electron chi connectivity index (χ0n) is 77.7. The largest absolute Gasteiger partial charge is 0.487 e. The molecule has 12 aromatic rings. The van der Waals surface area contributed by atoms with Crippen molar-refractivity contribution in [3.63, 3.8) is 0 Å². The Morgan fingerprint density at radius 2 is 0.450 bits per heavy atom. The van der Waals surface area contributed by atoms with E-state index in [-0.39, 0.29) is 7.43 Å². The lowest BCUT2D eigenvalue weighted by Gasteiger charge is -2.21. The van der Waals surface area contributed by atoms with Crippen molar-refractivity contribution in [1.82, 2.24) is 0 Å². The first kappa shape index (κ1) is 84.9. The summed E-state index contributed by atoms with van der Waals surface area (Å²) in [4.78, 5) is 39.2. The Hall–Kier alpha value is -12.2. The van der Waals surface area contributed by atoms with Crippen molar-refractivity contribution in [2.75, 3.05) is 6.61 Å². The van der Waals surface area contributed by atoms with Gasteiger partial charge < -0.3 is 4.74 Å². The fourth-order valence-corrected chi connectivity index (χ4v) is 21.4. The van der Waals surface area contributed by atoms with Crippen LogP contribution >= 0.6 is 0 Å². The van der Waals surface area contributed by atoms with Gasteiger partial charge in [0.2, 0.25) is 0 Å². The van der Waals surface area contributed by atoms with Gasteiger partial charge in [0.05, 0.1) is 28.4 Å². The maximum absolute atomic E-state index is 6.13. The van der Waals surface area contributed by atoms with E-state index in [2.05, 4.69) is 305 Å². The summed E-state index contributed by atoms with van der Waals surface area (Å²) in [5.41, 5.74) is 51.7. The number of nitrogens with zero attached hydrogens (tertiary/aromatic N) is 8. The van der Waals surface area contributed by atoms with Crippen molar-refractivity contribution in [2.24, 2.45) is 87.3 Å². The minimum Gasteiger partial charge on any atom is -0.487 e. The molecule has 0 atom stereocenters. The molecule has 3 aliphatic carbocycles. The van der Waals surface area contributed by atoms with Gasteiger partial charge in [0.25, 0.3) is 0 Å². The molecule has 0 N–H and O–H groups in total. The van der Waals surface area contributed by atoms with Crippen molar-refractivity contribution in [2.45, 2.75) is 208 Å². The Balaban J connectivity index is 0.000000108. The van der Waals surface area contributed by atoms with E-state index in [0.29, 0.717) is 54.0 Å². The topological polar surface area (TPSA) is 108 Å². The van der Waals surface area contributed by atoms with Crippen LogP contribution in [0.4, 0.5) is 22.7 Å². The van der Waals surface area contributed by atoms with Crippen molar-refractivity contribution < 1.29 is 4.74 Å². The molecule has 12 aromatic carbocycles. The van der Waals surface area contributed by atoms with Crippen LogP contribution in [0, 0.1) is 47.3 Å². The normalized spacial score (nSPS) is 16.9. The highest BCUT2D eigenvalue weighted by atomic mass is 16.5. The van der Waals surface area contributed by atoms with Crippen LogP contribution in [0.25, 0.3) is 110 Å². The second-order valence-corrected chi connectivity index (χ2v) is 40.3. The standard InChI is InChI=1S/C30H32N2.C30H30N2.C30H28N2.C29H28N2O.CH4/c3*1-17(2)29-15-25-23-9-5-19(13-21(23)7-11-27(25)31-29)20-6-10-24-22(14-20)8-12-28-26(24)16-30(32-28)18(3)4;1-16(2)26-13-23-21-8-5-18(11-20(21)7-10-25(23)30-26)19-6-9-22-24-14-27(17(3)4)31-28(24)15-32-29(22)12-19;/h5-6,9-10,13-14,17-18H,7-8,11-12,15-16H2,1-4H3;5-7,9-11,13-14,17-18H,8,12,15-16H2,1-4H3;5-14,17-18H,15-16H2,1-4H3;5-12,16-17H,13-15H2,1-4H3;1H4. The monoisotopic (exact) mass is 1690 g/mol. The third-order valence-corrected chi connectivity index (χ3v) is 29.4. The van der Waals surface area contributed by atoms with Crippen LogP contribution in [0.1, 0.15) is 224 Å². The Morgan fingerprint density at radius 1 is 0.217 bits per heavy atom. The first-order valence-corrected chi connectivity index (χ1v) is 47.8. The van der Waals surface area contributed by atoms with Crippen molar-refractivity contribution in [3.05, 3.63) is 278 Å². The molecule has 0 amide bonds. The molecule has 0 aromatic heterocycles. The number of hydrogen-bond donors (Lipinski definition) is 0. The first-order chi connectivity index (χ1) is 61.9. The van der Waals surface area contributed by atoms with Gasteiger partial charge in [-0.3, -0.25) is 39.9 Å². The third kappa shape index (κ3) is 15.8. The zero-order chi connectivity index (χ0) is 87.9. The summed E-state index contributed by atoms with van der Waals surface area (Å²) in [7, 11) is 0. The molecule has 9 aliphatic heterocycles. The van der Waals surface area contributed by atoms with E-state index in [1.165, 1.54) is 234 Å². The van der Waals surface area contributed by atoms with Gasteiger partial charge in [-0.05, 0) is 306 Å². The number of fused-ring (bicyclic) bond motifs is 20. The number of rotatable bonds is 12. The number of ether oxygens (including phenoxy) is 1. The zero-order valence-corrected chi connectivity index (χ0v) is 77.7. The fraction of sp³-hybridized carbons (Fsp3) is 0.333. The number of allylic oxidation sites excluding steroid dienone is 7. The van der Waals surface area contributed by atoms with E-state index >= 15 is 0 Å². The molecule has 0 radical (unpaired) electrons. The quantitative estimate of drug-likeness (QED) is 0.119. The van der Waals surface area contributed by atoms with Crippen LogP contribution in [0.2, 0.25) is 0 Å². The molecule has 0 fully saturated rings. The lowest BCUT2D eigenvalue weighted by molar-refractivity contribution is 0.345. The highest BCUT2D eigenvalue weighted by molar-refractivity contribution is 6.10. The number of hydrogen-bond acceptors (Lipinski definition) is 9. The summed E-state index contributed by atoms with van der Waals surface area (Å²) < 4.78 is 6.13. The molecule has 9 nitrogen and oxygen atoms in total. The smallest absolute Gasteiger partial charge is 0.131 e. The van der Waals surface area contributed by atoms with Crippen molar-refractivity contribution in [3.8, 4) is 50.3 Å². The highest BCUT2D eigenvalue weighted by Crippen LogP contribution is 2.50. The van der Waals surface area contributed by atoms with Crippen LogP contribution in [0.15, 0.2) is 257 Å². The minimum atomic E-state index is 0. The van der Waals surface area contributed by atoms with E-state index in [1.807, 2.05) is 0 Å². The fourth-order valence-electron chi connectivity index (χ4n) is 21.4. The number of benzene rings is 12. The predicted molar refractivity (Wildman–Crippen MR) is 553 cm³/mol. The lowest BCUT2D eigenvalue weighted by Crippen LogP contribution is -2.08. The van der Waals surface area contributed by atoms with Crippen LogP contribution < -0.4 is 4.74 Å². The highest BCUT2D eigenvalue weighted by Gasteiger charge is 2.34. The van der Waals surface area contributed by atoms with E-state index < -0.39 is 0 Å². The SMILES string of the molecule is C.CC(C)C1=NC2=C(C1)c1ccc(-c3ccc4c(c3)CCC3=C4CC(C(C)C)=N3)cc1CC2.CC(C)C1=NC2=C(C1)c1ccc(-c3ccc4c5c(ccc4c3)N=C(C(C)C)C5)cc1CC2.CC(C)C1=NC2=C(C1)c1ccc(-c3ccc4c5c(ccc4c3)N=C(C(C)C)C5)cc1OC2.CC(C)C1=Nc2ccc3cc(-c4ccc5c6c(ccc5c4)N=C(C(C)C)C6)ccc3c2C1. The van der Waals surface area contributed by atoms with Gasteiger partial charge in [-0.1, -0.05) is 258 Å². The summed E-state index contributed by atoms with van der Waals surface area (Å²) in [5, 5.41) is 10.5. The van der Waals surface area contributed by atoms with Gasteiger partial charge in [-0.2, -0.15) is 0 Å². The van der Waals surface area contributed by atoms with Crippen LogP contribution in [-0.2, 0) is 44.9 Å². The predicted octanol–water partition coefficient (Wildman–Crippen LogP) is 31.9. The van der Waals surface area contributed by atoms with Crippen LogP contribution in [0.3, 0.4) is 0 Å². The maximum atomic E-state index is 6.13. The molecule has 0 unspecified atom stereocenters. The molecule has 0 saturated heterocycles. The van der Waals surface area contributed by atoms with Crippen molar-refractivity contribution in [1.29, 1.82) is 0 Å². The average Bonchev–Trinajstić information content (AvgIpc) is 1.72. The molecule has 0 bridgehead atoms. The molecule has 12 aliphatic rings. The summed E-state index contributed by atoms with van der Waals surface area (Å²) in [6, 6.07) is 73.1. The molecular formula is C120H122N8O. The lowest BCUT2D eigenvalue weighted by atomic mass is 9.83. The van der Waals surface area contributed by atoms with Gasteiger partial charge in [0.15, 0.2) is 0 Å². The Kier molecular flexibility index (Phi) is 22.4. The molecule has 24 rings (SSSR count). The molecule has 129 heavy (non-hydrogen) atoms. The summed E-state index contributed by atoms with van der Waals surface area (Å²) in [5.74, 6) is 5.05. The van der Waals surface area contributed by atoms with E-state index in [1.54, 1.807) is 0 Å². The van der Waals surface area contributed by atoms with Crippen LogP contribution in [0.5, 0.6) is 5.75 Å². The van der Waals surface area contributed by atoms with Crippen LogP contribution in [-0.4, -0.2) is 52.3 Å². The molecule has 0 spiro atoms. The minimum absolute atomic E-state index is 0. The average molecular weight is 1690 g/mol. The first-order valence-electron chi connectivity index (χ1n) is 47.8. The van der Waals surface area contributed by atoms with Gasteiger partial charge in [-0.25, -0.2) is 0 Å². The molecule has 0 saturated carbocycles.